The maximum Gasteiger partial charge on any atom is 0.408 e. The highest BCUT2D eigenvalue weighted by molar-refractivity contribution is 9.09. The summed E-state index contributed by atoms with van der Waals surface area (Å²) in [6, 6.07) is 0. The normalized spacial score (nSPS) is 12.7. The summed E-state index contributed by atoms with van der Waals surface area (Å²) in [5.74, 6) is 0.127. The summed E-state index contributed by atoms with van der Waals surface area (Å²) in [5, 5.41) is 15.2. The predicted octanol–water partition coefficient (Wildman–Crippen LogP) is 2.87. The summed E-state index contributed by atoms with van der Waals surface area (Å²) in [7, 11) is 0. The van der Waals surface area contributed by atoms with Crippen LogP contribution in [0, 0.1) is 16.0 Å². The quantitative estimate of drug-likeness (QED) is 0.477. The molecule has 1 unspecified atom stereocenters. The summed E-state index contributed by atoms with van der Waals surface area (Å²) < 4.78 is 1.52. The molecule has 1 rings (SSSR count). The molecule has 0 aliphatic rings. The molecular weight excluding hydrogens is 285 g/mol. The van der Waals surface area contributed by atoms with Gasteiger partial charge < -0.3 is 10.1 Å². The summed E-state index contributed by atoms with van der Waals surface area (Å²) in [5.41, 5.74) is 0. The second-order valence-corrected chi connectivity index (χ2v) is 4.26. The van der Waals surface area contributed by atoms with E-state index in [-0.39, 0.29) is 10.8 Å². The van der Waals surface area contributed by atoms with Crippen LogP contribution in [0.4, 0.5) is 5.82 Å². The Labute approximate surface area is 101 Å². The maximum atomic E-state index is 10.5. The molecule has 0 saturated heterocycles. The van der Waals surface area contributed by atoms with E-state index >= 15 is 0 Å². The number of alkyl halides is 1. The molecule has 0 saturated carbocycles. The fraction of sp³-hybridized carbons (Fsp3) is 0.625. The lowest BCUT2D eigenvalue weighted by Gasteiger charge is -2.07. The monoisotopic (exact) mass is 295 g/mol. The fourth-order valence-electron chi connectivity index (χ4n) is 1.16. The van der Waals surface area contributed by atoms with Crippen molar-refractivity contribution in [2.45, 2.75) is 19.9 Å². The molecule has 7 heteroatoms. The van der Waals surface area contributed by atoms with Gasteiger partial charge in [0.2, 0.25) is 0 Å². The van der Waals surface area contributed by atoms with E-state index in [1.54, 1.807) is 0 Å². The third kappa shape index (κ3) is 3.17. The van der Waals surface area contributed by atoms with Crippen molar-refractivity contribution in [1.29, 1.82) is 0 Å². The first-order chi connectivity index (χ1) is 7.08. The Balaban J connectivity index is 2.79. The van der Waals surface area contributed by atoms with Gasteiger partial charge in [0.1, 0.15) is 0 Å². The van der Waals surface area contributed by atoms with Crippen LogP contribution in [0.25, 0.3) is 0 Å². The first kappa shape index (κ1) is 12.4. The lowest BCUT2D eigenvalue weighted by Crippen LogP contribution is -2.11. The van der Waals surface area contributed by atoms with E-state index in [9.17, 15) is 10.1 Å². The van der Waals surface area contributed by atoms with Gasteiger partial charge in [-0.25, -0.2) is 0 Å². The highest BCUT2D eigenvalue weighted by atomic mass is 79.9. The van der Waals surface area contributed by atoms with Crippen LogP contribution in [-0.2, 0) is 6.54 Å². The van der Waals surface area contributed by atoms with Gasteiger partial charge in [0.15, 0.2) is 5.02 Å². The Morgan fingerprint density at radius 3 is 2.87 bits per heavy atom. The molecule has 0 aromatic carbocycles. The number of halogens is 2. The molecule has 0 aliphatic heterocycles. The minimum absolute atomic E-state index is 0.0874. The molecule has 84 valence electrons. The van der Waals surface area contributed by atoms with E-state index in [0.29, 0.717) is 12.5 Å². The molecular formula is C8H11BrClN3O2. The van der Waals surface area contributed by atoms with E-state index < -0.39 is 4.92 Å². The molecule has 0 spiro atoms. The van der Waals surface area contributed by atoms with Crippen molar-refractivity contribution in [2.75, 3.05) is 5.33 Å². The molecule has 1 aromatic rings. The summed E-state index contributed by atoms with van der Waals surface area (Å²) in [6.07, 6.45) is 2.47. The molecule has 1 aromatic heterocycles. The van der Waals surface area contributed by atoms with E-state index in [0.717, 1.165) is 11.8 Å². The number of rotatable bonds is 5. The van der Waals surface area contributed by atoms with Crippen molar-refractivity contribution in [1.82, 2.24) is 9.78 Å². The van der Waals surface area contributed by atoms with Gasteiger partial charge in [-0.1, -0.05) is 40.9 Å². The lowest BCUT2D eigenvalue weighted by atomic mass is 10.1. The Kier molecular flexibility index (Phi) is 4.53. The highest BCUT2D eigenvalue weighted by Gasteiger charge is 2.20. The van der Waals surface area contributed by atoms with Crippen molar-refractivity contribution in [3.63, 3.8) is 0 Å². The Morgan fingerprint density at radius 2 is 2.47 bits per heavy atom. The van der Waals surface area contributed by atoms with E-state index in [4.69, 9.17) is 11.6 Å². The number of nitrogens with zero attached hydrogens (tertiary/aromatic N) is 3. The van der Waals surface area contributed by atoms with Gasteiger partial charge in [0, 0.05) is 5.33 Å². The van der Waals surface area contributed by atoms with Gasteiger partial charge in [0.25, 0.3) is 0 Å². The molecule has 1 heterocycles. The molecule has 0 radical (unpaired) electrons. The average Bonchev–Trinajstić information content (AvgIpc) is 2.56. The Hall–Kier alpha value is -0.620. The third-order valence-electron chi connectivity index (χ3n) is 2.11. The smallest absolute Gasteiger partial charge is 0.358 e. The molecule has 5 nitrogen and oxygen atoms in total. The standard InChI is InChI=1S/C8H11BrClN3O2/c1-2-6(3-9)4-12-5-7(10)8(11-12)13(14)15/h5-6H,2-4H2,1H3. The Bertz CT molecular complexity index is 352. The minimum Gasteiger partial charge on any atom is -0.358 e. The van der Waals surface area contributed by atoms with Gasteiger partial charge >= 0.3 is 5.82 Å². The summed E-state index contributed by atoms with van der Waals surface area (Å²) >= 11 is 9.05. The van der Waals surface area contributed by atoms with Crippen LogP contribution >= 0.6 is 27.5 Å². The van der Waals surface area contributed by atoms with Crippen LogP contribution < -0.4 is 0 Å². The number of hydrogen-bond acceptors (Lipinski definition) is 3. The van der Waals surface area contributed by atoms with Crippen LogP contribution in [0.2, 0.25) is 5.02 Å². The van der Waals surface area contributed by atoms with Crippen molar-refractivity contribution in [2.24, 2.45) is 5.92 Å². The predicted molar refractivity (Wildman–Crippen MR) is 61.5 cm³/mol. The van der Waals surface area contributed by atoms with Crippen molar-refractivity contribution in [3.05, 3.63) is 21.3 Å². The van der Waals surface area contributed by atoms with Gasteiger partial charge in [-0.05, 0) is 10.8 Å². The fourth-order valence-corrected chi connectivity index (χ4v) is 2.04. The lowest BCUT2D eigenvalue weighted by molar-refractivity contribution is -0.389. The second kappa shape index (κ2) is 5.46. The molecule has 0 amide bonds. The zero-order chi connectivity index (χ0) is 11.4. The molecule has 1 atom stereocenters. The van der Waals surface area contributed by atoms with E-state index in [1.807, 2.05) is 0 Å². The zero-order valence-corrected chi connectivity index (χ0v) is 10.5. The molecule has 0 N–H and O–H groups in total. The number of hydrogen-bond donors (Lipinski definition) is 0. The summed E-state index contributed by atoms with van der Waals surface area (Å²) in [6.45, 7) is 2.70. The summed E-state index contributed by atoms with van der Waals surface area (Å²) in [4.78, 5) is 9.92. The highest BCUT2D eigenvalue weighted by Crippen LogP contribution is 2.22. The van der Waals surface area contributed by atoms with Gasteiger partial charge in [-0.2, -0.15) is 4.68 Å². The van der Waals surface area contributed by atoms with Gasteiger partial charge in [-0.3, -0.25) is 0 Å². The first-order valence-corrected chi connectivity index (χ1v) is 6.01. The van der Waals surface area contributed by atoms with Crippen LogP contribution in [0.5, 0.6) is 0 Å². The van der Waals surface area contributed by atoms with Crippen LogP contribution in [-0.4, -0.2) is 20.0 Å². The third-order valence-corrected chi connectivity index (χ3v) is 3.30. The van der Waals surface area contributed by atoms with E-state index in [1.165, 1.54) is 10.9 Å². The zero-order valence-electron chi connectivity index (χ0n) is 8.19. The molecule has 0 aliphatic carbocycles. The number of aromatic nitrogens is 2. The SMILES string of the molecule is CCC(CBr)Cn1cc(Cl)c([N+](=O)[O-])n1. The van der Waals surface area contributed by atoms with Crippen LogP contribution in [0.1, 0.15) is 13.3 Å². The Morgan fingerprint density at radius 1 is 1.80 bits per heavy atom. The maximum absolute atomic E-state index is 10.5. The first-order valence-electron chi connectivity index (χ1n) is 4.51. The minimum atomic E-state index is -0.575. The van der Waals surface area contributed by atoms with Gasteiger partial charge in [0.05, 0.1) is 17.8 Å². The van der Waals surface area contributed by atoms with Crippen LogP contribution in [0.3, 0.4) is 0 Å². The second-order valence-electron chi connectivity index (χ2n) is 3.21. The topological polar surface area (TPSA) is 61.0 Å². The van der Waals surface area contributed by atoms with E-state index in [2.05, 4.69) is 28.0 Å². The van der Waals surface area contributed by atoms with Crippen molar-refractivity contribution < 1.29 is 4.92 Å². The largest absolute Gasteiger partial charge is 0.408 e. The van der Waals surface area contributed by atoms with Crippen molar-refractivity contribution >= 4 is 33.3 Å². The van der Waals surface area contributed by atoms with Crippen LogP contribution in [0.15, 0.2) is 6.20 Å². The van der Waals surface area contributed by atoms with Crippen molar-refractivity contribution in [3.8, 4) is 0 Å². The molecule has 0 bridgehead atoms. The molecule has 15 heavy (non-hydrogen) atoms. The molecule has 0 fully saturated rings. The number of nitro groups is 1. The average molecular weight is 297 g/mol. The van der Waals surface area contributed by atoms with Gasteiger partial charge in [-0.15, -0.1) is 0 Å².